The average molecular weight is 255 g/mol. The standard InChI is InChI=1S/C15H17N3O/c1-11-3-4-14(12(2)9-11)18-15(19)17-10-13-5-7-16-8-6-13/h3-9H,10H2,1-2H3,(H2,17,18,19). The van der Waals surface area contributed by atoms with Crippen molar-refractivity contribution in [2.24, 2.45) is 0 Å². The number of nitrogens with zero attached hydrogens (tertiary/aromatic N) is 1. The molecule has 0 aliphatic carbocycles. The quantitative estimate of drug-likeness (QED) is 0.885. The predicted molar refractivity (Wildman–Crippen MR) is 76.0 cm³/mol. The lowest BCUT2D eigenvalue weighted by atomic mass is 10.1. The van der Waals surface area contributed by atoms with Crippen LogP contribution in [-0.4, -0.2) is 11.0 Å². The average Bonchev–Trinajstić information content (AvgIpc) is 2.41. The Morgan fingerprint density at radius 2 is 1.89 bits per heavy atom. The van der Waals surface area contributed by atoms with Crippen LogP contribution in [-0.2, 0) is 6.54 Å². The highest BCUT2D eigenvalue weighted by atomic mass is 16.2. The summed E-state index contributed by atoms with van der Waals surface area (Å²) in [6.45, 7) is 4.49. The fraction of sp³-hybridized carbons (Fsp3) is 0.200. The van der Waals surface area contributed by atoms with Crippen LogP contribution in [0.15, 0.2) is 42.7 Å². The van der Waals surface area contributed by atoms with Gasteiger partial charge in [0.15, 0.2) is 0 Å². The van der Waals surface area contributed by atoms with E-state index in [0.717, 1.165) is 16.8 Å². The van der Waals surface area contributed by atoms with E-state index in [9.17, 15) is 4.79 Å². The van der Waals surface area contributed by atoms with Crippen molar-refractivity contribution in [2.75, 3.05) is 5.32 Å². The third-order valence-electron chi connectivity index (χ3n) is 2.83. The predicted octanol–water partition coefficient (Wildman–Crippen LogP) is 3.02. The van der Waals surface area contributed by atoms with Gasteiger partial charge in [-0.25, -0.2) is 4.79 Å². The van der Waals surface area contributed by atoms with Crippen LogP contribution in [0.25, 0.3) is 0 Å². The molecule has 4 nitrogen and oxygen atoms in total. The summed E-state index contributed by atoms with van der Waals surface area (Å²) < 4.78 is 0. The minimum Gasteiger partial charge on any atom is -0.334 e. The molecule has 4 heteroatoms. The number of pyridine rings is 1. The third-order valence-corrected chi connectivity index (χ3v) is 2.83. The maximum atomic E-state index is 11.8. The van der Waals surface area contributed by atoms with Crippen molar-refractivity contribution in [3.05, 3.63) is 59.4 Å². The number of urea groups is 1. The molecule has 0 aliphatic heterocycles. The molecule has 1 heterocycles. The Morgan fingerprint density at radius 3 is 2.58 bits per heavy atom. The van der Waals surface area contributed by atoms with E-state index >= 15 is 0 Å². The van der Waals surface area contributed by atoms with E-state index in [1.807, 2.05) is 44.2 Å². The van der Waals surface area contributed by atoms with Crippen molar-refractivity contribution >= 4 is 11.7 Å². The van der Waals surface area contributed by atoms with Crippen molar-refractivity contribution in [1.82, 2.24) is 10.3 Å². The molecule has 0 atom stereocenters. The van der Waals surface area contributed by atoms with Crippen LogP contribution >= 0.6 is 0 Å². The Labute approximate surface area is 112 Å². The Morgan fingerprint density at radius 1 is 1.16 bits per heavy atom. The van der Waals surface area contributed by atoms with Gasteiger partial charge in [-0.2, -0.15) is 0 Å². The lowest BCUT2D eigenvalue weighted by Gasteiger charge is -2.10. The monoisotopic (exact) mass is 255 g/mol. The Balaban J connectivity index is 1.91. The lowest BCUT2D eigenvalue weighted by Crippen LogP contribution is -2.28. The Kier molecular flexibility index (Phi) is 4.13. The van der Waals surface area contributed by atoms with E-state index in [-0.39, 0.29) is 6.03 Å². The highest BCUT2D eigenvalue weighted by Gasteiger charge is 2.04. The lowest BCUT2D eigenvalue weighted by molar-refractivity contribution is 0.251. The van der Waals surface area contributed by atoms with Gasteiger partial charge in [0.2, 0.25) is 0 Å². The van der Waals surface area contributed by atoms with Gasteiger partial charge >= 0.3 is 6.03 Å². The minimum atomic E-state index is -0.205. The van der Waals surface area contributed by atoms with Crippen LogP contribution < -0.4 is 10.6 Å². The molecule has 0 saturated heterocycles. The first kappa shape index (κ1) is 13.1. The number of carbonyl (C=O) groups is 1. The molecule has 98 valence electrons. The molecule has 0 radical (unpaired) electrons. The first-order chi connectivity index (χ1) is 9.15. The third kappa shape index (κ3) is 3.81. The minimum absolute atomic E-state index is 0.205. The summed E-state index contributed by atoms with van der Waals surface area (Å²) in [6.07, 6.45) is 3.41. The maximum Gasteiger partial charge on any atom is 0.319 e. The molecule has 2 aromatic rings. The molecule has 1 aromatic heterocycles. The van der Waals surface area contributed by atoms with Crippen molar-refractivity contribution in [3.63, 3.8) is 0 Å². The van der Waals surface area contributed by atoms with Crippen molar-refractivity contribution in [2.45, 2.75) is 20.4 Å². The molecule has 0 spiro atoms. The van der Waals surface area contributed by atoms with Crippen LogP contribution in [0.1, 0.15) is 16.7 Å². The van der Waals surface area contributed by atoms with Gasteiger partial charge in [0.25, 0.3) is 0 Å². The van der Waals surface area contributed by atoms with E-state index in [0.29, 0.717) is 6.54 Å². The van der Waals surface area contributed by atoms with E-state index in [1.54, 1.807) is 12.4 Å². The molecule has 2 amide bonds. The fourth-order valence-corrected chi connectivity index (χ4v) is 1.80. The highest BCUT2D eigenvalue weighted by molar-refractivity contribution is 5.90. The summed E-state index contributed by atoms with van der Waals surface area (Å²) in [7, 11) is 0. The van der Waals surface area contributed by atoms with Crippen molar-refractivity contribution in [1.29, 1.82) is 0 Å². The van der Waals surface area contributed by atoms with Crippen LogP contribution in [0.2, 0.25) is 0 Å². The molecule has 0 aliphatic rings. The molecule has 2 rings (SSSR count). The first-order valence-corrected chi connectivity index (χ1v) is 6.16. The molecule has 1 aromatic carbocycles. The van der Waals surface area contributed by atoms with Gasteiger partial charge in [-0.15, -0.1) is 0 Å². The normalized spacial score (nSPS) is 10.0. The van der Waals surface area contributed by atoms with E-state index in [1.165, 1.54) is 5.56 Å². The van der Waals surface area contributed by atoms with E-state index in [4.69, 9.17) is 0 Å². The molecule has 0 bridgehead atoms. The zero-order valence-electron chi connectivity index (χ0n) is 11.1. The zero-order valence-corrected chi connectivity index (χ0v) is 11.1. The molecule has 0 saturated carbocycles. The van der Waals surface area contributed by atoms with Gasteiger partial charge in [-0.1, -0.05) is 17.7 Å². The summed E-state index contributed by atoms with van der Waals surface area (Å²) >= 11 is 0. The number of aryl methyl sites for hydroxylation is 2. The van der Waals surface area contributed by atoms with Crippen LogP contribution in [0.3, 0.4) is 0 Å². The smallest absolute Gasteiger partial charge is 0.319 e. The maximum absolute atomic E-state index is 11.8. The number of hydrogen-bond donors (Lipinski definition) is 2. The summed E-state index contributed by atoms with van der Waals surface area (Å²) in [6, 6.07) is 9.47. The second kappa shape index (κ2) is 6.00. The molecular weight excluding hydrogens is 238 g/mol. The first-order valence-electron chi connectivity index (χ1n) is 6.16. The second-order valence-corrected chi connectivity index (χ2v) is 4.48. The number of amides is 2. The number of benzene rings is 1. The zero-order chi connectivity index (χ0) is 13.7. The number of nitrogens with one attached hydrogen (secondary N) is 2. The van der Waals surface area contributed by atoms with E-state index in [2.05, 4.69) is 15.6 Å². The van der Waals surface area contributed by atoms with Crippen molar-refractivity contribution in [3.8, 4) is 0 Å². The number of anilines is 1. The Bertz CT molecular complexity index is 567. The molecular formula is C15H17N3O. The second-order valence-electron chi connectivity index (χ2n) is 4.48. The number of carbonyl (C=O) groups excluding carboxylic acids is 1. The van der Waals surface area contributed by atoms with Crippen LogP contribution in [0.4, 0.5) is 10.5 Å². The number of aromatic nitrogens is 1. The summed E-state index contributed by atoms with van der Waals surface area (Å²) in [5, 5.41) is 5.65. The van der Waals surface area contributed by atoms with Gasteiger partial charge in [0.1, 0.15) is 0 Å². The summed E-state index contributed by atoms with van der Waals surface area (Å²) in [4.78, 5) is 15.7. The van der Waals surface area contributed by atoms with Gasteiger partial charge in [-0.05, 0) is 43.2 Å². The highest BCUT2D eigenvalue weighted by Crippen LogP contribution is 2.15. The Hall–Kier alpha value is -2.36. The fourth-order valence-electron chi connectivity index (χ4n) is 1.80. The molecule has 0 unspecified atom stereocenters. The topological polar surface area (TPSA) is 54.0 Å². The van der Waals surface area contributed by atoms with Gasteiger partial charge in [0.05, 0.1) is 0 Å². The van der Waals surface area contributed by atoms with Gasteiger partial charge in [-0.3, -0.25) is 4.98 Å². The van der Waals surface area contributed by atoms with Gasteiger partial charge < -0.3 is 10.6 Å². The van der Waals surface area contributed by atoms with Crippen LogP contribution in [0, 0.1) is 13.8 Å². The summed E-state index contributed by atoms with van der Waals surface area (Å²) in [5.74, 6) is 0. The molecule has 0 fully saturated rings. The number of rotatable bonds is 3. The molecule has 19 heavy (non-hydrogen) atoms. The van der Waals surface area contributed by atoms with Crippen LogP contribution in [0.5, 0.6) is 0 Å². The van der Waals surface area contributed by atoms with Crippen molar-refractivity contribution < 1.29 is 4.79 Å². The summed E-state index contributed by atoms with van der Waals surface area (Å²) in [5.41, 5.74) is 4.09. The van der Waals surface area contributed by atoms with Gasteiger partial charge in [0, 0.05) is 24.6 Å². The number of hydrogen-bond acceptors (Lipinski definition) is 2. The SMILES string of the molecule is Cc1ccc(NC(=O)NCc2ccncc2)c(C)c1. The van der Waals surface area contributed by atoms with E-state index < -0.39 is 0 Å². The largest absolute Gasteiger partial charge is 0.334 e. The molecule has 2 N–H and O–H groups in total.